The third kappa shape index (κ3) is 4.18. The Kier molecular flexibility index (Phi) is 5.47. The van der Waals surface area contributed by atoms with Crippen LogP contribution in [0.5, 0.6) is 5.75 Å². The number of benzene rings is 2. The first kappa shape index (κ1) is 18.5. The van der Waals surface area contributed by atoms with Gasteiger partial charge in [-0.25, -0.2) is 0 Å². The predicted molar refractivity (Wildman–Crippen MR) is 100.0 cm³/mol. The van der Waals surface area contributed by atoms with Gasteiger partial charge in [0.05, 0.1) is 12.8 Å². The van der Waals surface area contributed by atoms with Crippen molar-refractivity contribution in [2.24, 2.45) is 5.41 Å². The molecule has 0 aliphatic heterocycles. The fourth-order valence-electron chi connectivity index (χ4n) is 2.28. The maximum atomic E-state index is 12.7. The molecule has 2 amide bonds. The fraction of sp³-hybridized carbons (Fsp3) is 0.300. The van der Waals surface area contributed by atoms with Crippen molar-refractivity contribution in [3.63, 3.8) is 0 Å². The molecule has 0 aliphatic rings. The lowest BCUT2D eigenvalue weighted by Crippen LogP contribution is -2.41. The second-order valence-corrected chi connectivity index (χ2v) is 6.55. The van der Waals surface area contributed by atoms with E-state index >= 15 is 0 Å². The molecule has 0 heterocycles. The van der Waals surface area contributed by atoms with Crippen LogP contribution in [-0.2, 0) is 9.59 Å². The Morgan fingerprint density at radius 2 is 1.52 bits per heavy atom. The molecule has 0 saturated heterocycles. The van der Waals surface area contributed by atoms with E-state index in [4.69, 9.17) is 4.74 Å². The molecule has 0 saturated carbocycles. The van der Waals surface area contributed by atoms with E-state index in [1.165, 1.54) is 7.11 Å². The van der Waals surface area contributed by atoms with Gasteiger partial charge in [-0.2, -0.15) is 0 Å². The lowest BCUT2D eigenvalue weighted by atomic mass is 9.90. The molecule has 0 radical (unpaired) electrons. The van der Waals surface area contributed by atoms with Gasteiger partial charge in [0.1, 0.15) is 11.2 Å². The Hall–Kier alpha value is -2.82. The van der Waals surface area contributed by atoms with Gasteiger partial charge in [-0.15, -0.1) is 0 Å². The number of para-hydroxylation sites is 2. The third-order valence-corrected chi connectivity index (χ3v) is 4.13. The molecule has 0 aliphatic carbocycles. The summed E-state index contributed by atoms with van der Waals surface area (Å²) in [7, 11) is 1.53. The maximum absolute atomic E-state index is 12.7. The molecule has 2 aromatic rings. The molecule has 0 fully saturated rings. The number of carbonyl (C=O) groups excluding carboxylic acids is 2. The number of methoxy groups -OCH3 is 1. The summed E-state index contributed by atoms with van der Waals surface area (Å²) in [5.74, 6) is -0.227. The highest BCUT2D eigenvalue weighted by atomic mass is 16.5. The second kappa shape index (κ2) is 7.38. The average molecular weight is 340 g/mol. The summed E-state index contributed by atoms with van der Waals surface area (Å²) in [5, 5.41) is 5.63. The van der Waals surface area contributed by atoms with Gasteiger partial charge in [0.15, 0.2) is 0 Å². The highest BCUT2D eigenvalue weighted by Gasteiger charge is 2.36. The van der Waals surface area contributed by atoms with Gasteiger partial charge >= 0.3 is 0 Å². The van der Waals surface area contributed by atoms with Crippen LogP contribution in [0, 0.1) is 19.3 Å². The molecule has 0 aromatic heterocycles. The van der Waals surface area contributed by atoms with Crippen LogP contribution < -0.4 is 15.4 Å². The van der Waals surface area contributed by atoms with Gasteiger partial charge in [0.2, 0.25) is 11.8 Å². The van der Waals surface area contributed by atoms with E-state index in [2.05, 4.69) is 10.6 Å². The van der Waals surface area contributed by atoms with Crippen LogP contribution in [0.3, 0.4) is 0 Å². The molecule has 132 valence electrons. The van der Waals surface area contributed by atoms with Crippen molar-refractivity contribution >= 4 is 23.2 Å². The molecule has 0 atom stereocenters. The summed E-state index contributed by atoms with van der Waals surface area (Å²) in [6.07, 6.45) is 0. The minimum absolute atomic E-state index is 0.367. The molecule has 0 unspecified atom stereocenters. The number of amides is 2. The molecule has 0 spiro atoms. The van der Waals surface area contributed by atoms with Crippen LogP contribution >= 0.6 is 0 Å². The van der Waals surface area contributed by atoms with Crippen LogP contribution in [0.2, 0.25) is 0 Å². The van der Waals surface area contributed by atoms with Gasteiger partial charge in [-0.3, -0.25) is 9.59 Å². The monoisotopic (exact) mass is 340 g/mol. The Morgan fingerprint density at radius 1 is 0.920 bits per heavy atom. The highest BCUT2D eigenvalue weighted by molar-refractivity contribution is 6.14. The highest BCUT2D eigenvalue weighted by Crippen LogP contribution is 2.27. The van der Waals surface area contributed by atoms with Crippen molar-refractivity contribution in [1.82, 2.24) is 0 Å². The van der Waals surface area contributed by atoms with Gasteiger partial charge in [-0.05, 0) is 57.0 Å². The lowest BCUT2D eigenvalue weighted by Gasteiger charge is -2.24. The standard InChI is InChI=1S/C20H24N2O3/c1-13-10-11-14(2)16(12-13)22-19(24)20(3,4)18(23)21-15-8-6-7-9-17(15)25-5/h6-12H,1-5H3,(H,21,23)(H,22,24). The van der Waals surface area contributed by atoms with Crippen LogP contribution in [0.15, 0.2) is 42.5 Å². The van der Waals surface area contributed by atoms with E-state index in [0.717, 1.165) is 11.1 Å². The summed E-state index contributed by atoms with van der Waals surface area (Å²) >= 11 is 0. The molecule has 2 N–H and O–H groups in total. The van der Waals surface area contributed by atoms with Crippen molar-refractivity contribution in [1.29, 1.82) is 0 Å². The number of nitrogens with one attached hydrogen (secondary N) is 2. The van der Waals surface area contributed by atoms with Gasteiger partial charge < -0.3 is 15.4 Å². The molecule has 25 heavy (non-hydrogen) atoms. The topological polar surface area (TPSA) is 67.4 Å². The van der Waals surface area contributed by atoms with E-state index in [9.17, 15) is 9.59 Å². The van der Waals surface area contributed by atoms with E-state index in [-0.39, 0.29) is 5.91 Å². The number of hydrogen-bond donors (Lipinski definition) is 2. The number of aryl methyl sites for hydroxylation is 2. The number of carbonyl (C=O) groups is 2. The quantitative estimate of drug-likeness (QED) is 0.811. The largest absolute Gasteiger partial charge is 0.495 e. The Labute approximate surface area is 148 Å². The number of hydrogen-bond acceptors (Lipinski definition) is 3. The number of ether oxygens (including phenoxy) is 1. The predicted octanol–water partition coefficient (Wildman–Crippen LogP) is 3.92. The smallest absolute Gasteiger partial charge is 0.239 e. The summed E-state index contributed by atoms with van der Waals surface area (Å²) < 4.78 is 5.23. The Bertz CT molecular complexity index is 797. The van der Waals surface area contributed by atoms with Gasteiger partial charge in [0.25, 0.3) is 0 Å². The summed E-state index contributed by atoms with van der Waals surface area (Å²) in [5.41, 5.74) is 1.97. The first-order chi connectivity index (χ1) is 11.8. The molecule has 5 heteroatoms. The zero-order chi connectivity index (χ0) is 18.6. The third-order valence-electron chi connectivity index (χ3n) is 4.13. The summed E-state index contributed by atoms with van der Waals surface area (Å²) in [6.45, 7) is 7.06. The minimum atomic E-state index is -1.25. The van der Waals surface area contributed by atoms with Crippen molar-refractivity contribution in [2.45, 2.75) is 27.7 Å². The maximum Gasteiger partial charge on any atom is 0.239 e. The van der Waals surface area contributed by atoms with Gasteiger partial charge in [-0.1, -0.05) is 24.3 Å². The molecular formula is C20H24N2O3. The van der Waals surface area contributed by atoms with Crippen molar-refractivity contribution in [3.05, 3.63) is 53.6 Å². The van der Waals surface area contributed by atoms with E-state index in [0.29, 0.717) is 17.1 Å². The van der Waals surface area contributed by atoms with Crippen LogP contribution in [0.25, 0.3) is 0 Å². The average Bonchev–Trinajstić information content (AvgIpc) is 2.58. The first-order valence-electron chi connectivity index (χ1n) is 8.09. The summed E-state index contributed by atoms with van der Waals surface area (Å²) in [6, 6.07) is 12.9. The van der Waals surface area contributed by atoms with Crippen molar-refractivity contribution < 1.29 is 14.3 Å². The van der Waals surface area contributed by atoms with Crippen LogP contribution in [0.4, 0.5) is 11.4 Å². The van der Waals surface area contributed by atoms with Crippen LogP contribution in [0.1, 0.15) is 25.0 Å². The molecule has 2 rings (SSSR count). The number of anilines is 2. The Balaban J connectivity index is 2.17. The zero-order valence-electron chi connectivity index (χ0n) is 15.3. The number of rotatable bonds is 5. The lowest BCUT2D eigenvalue weighted by molar-refractivity contribution is -0.135. The van der Waals surface area contributed by atoms with E-state index in [1.807, 2.05) is 38.1 Å². The first-order valence-corrected chi connectivity index (χ1v) is 8.09. The van der Waals surface area contributed by atoms with Crippen molar-refractivity contribution in [2.75, 3.05) is 17.7 Å². The minimum Gasteiger partial charge on any atom is -0.495 e. The molecule has 0 bridgehead atoms. The van der Waals surface area contributed by atoms with E-state index in [1.54, 1.807) is 32.0 Å². The van der Waals surface area contributed by atoms with Gasteiger partial charge in [0, 0.05) is 5.69 Å². The van der Waals surface area contributed by atoms with Crippen LogP contribution in [-0.4, -0.2) is 18.9 Å². The molecule has 2 aromatic carbocycles. The molecule has 5 nitrogen and oxygen atoms in total. The fourth-order valence-corrected chi connectivity index (χ4v) is 2.28. The zero-order valence-corrected chi connectivity index (χ0v) is 15.3. The van der Waals surface area contributed by atoms with E-state index < -0.39 is 11.3 Å². The molecular weight excluding hydrogens is 316 g/mol. The second-order valence-electron chi connectivity index (χ2n) is 6.55. The Morgan fingerprint density at radius 3 is 2.16 bits per heavy atom. The normalized spacial score (nSPS) is 10.9. The SMILES string of the molecule is COc1ccccc1NC(=O)C(C)(C)C(=O)Nc1cc(C)ccc1C. The summed E-state index contributed by atoms with van der Waals surface area (Å²) in [4.78, 5) is 25.3. The van der Waals surface area contributed by atoms with Crippen molar-refractivity contribution in [3.8, 4) is 5.75 Å².